The first-order valence-corrected chi connectivity index (χ1v) is 6.90. The Kier molecular flexibility index (Phi) is 4.59. The van der Waals surface area contributed by atoms with Crippen LogP contribution in [0.2, 0.25) is 0 Å². The number of benzene rings is 1. The molecule has 98 valence electrons. The van der Waals surface area contributed by atoms with Crippen LogP contribution < -0.4 is 4.90 Å². The Balaban J connectivity index is 2.08. The largest absolute Gasteiger partial charge is 0.312 e. The molecule has 0 fully saturated rings. The first-order valence-electron chi connectivity index (χ1n) is 6.37. The van der Waals surface area contributed by atoms with Gasteiger partial charge in [-0.3, -0.25) is 4.79 Å². The lowest BCUT2D eigenvalue weighted by molar-refractivity contribution is -0.118. The van der Waals surface area contributed by atoms with Gasteiger partial charge in [-0.05, 0) is 43.0 Å². The number of carbonyl (C=O) groups excluding carboxylic acids is 1. The van der Waals surface area contributed by atoms with Crippen LogP contribution in [0.15, 0.2) is 18.2 Å². The first-order chi connectivity index (χ1) is 8.72. The Morgan fingerprint density at radius 3 is 2.83 bits per heavy atom. The lowest BCUT2D eigenvalue weighted by atomic mass is 10.0. The fourth-order valence-electron chi connectivity index (χ4n) is 2.31. The van der Waals surface area contributed by atoms with Crippen molar-refractivity contribution in [3.05, 3.63) is 29.6 Å². The summed E-state index contributed by atoms with van der Waals surface area (Å²) >= 11 is 5.63. The summed E-state index contributed by atoms with van der Waals surface area (Å²) in [4.78, 5) is 13.7. The van der Waals surface area contributed by atoms with Gasteiger partial charge in [0.25, 0.3) is 0 Å². The maximum Gasteiger partial charge on any atom is 0.227 e. The van der Waals surface area contributed by atoms with Crippen LogP contribution in [0.5, 0.6) is 0 Å². The summed E-state index contributed by atoms with van der Waals surface area (Å²) in [5.74, 6) is 0.570. The van der Waals surface area contributed by atoms with Gasteiger partial charge < -0.3 is 4.90 Å². The van der Waals surface area contributed by atoms with Crippen LogP contribution in [-0.2, 0) is 11.2 Å². The highest BCUT2D eigenvalue weighted by Gasteiger charge is 2.23. The fourth-order valence-corrected chi connectivity index (χ4v) is 2.50. The minimum atomic E-state index is -0.231. The molecule has 0 aliphatic carbocycles. The van der Waals surface area contributed by atoms with Gasteiger partial charge in [-0.25, -0.2) is 4.39 Å². The topological polar surface area (TPSA) is 20.3 Å². The van der Waals surface area contributed by atoms with Crippen LogP contribution in [0.4, 0.5) is 10.1 Å². The highest BCUT2D eigenvalue weighted by molar-refractivity contribution is 6.17. The quantitative estimate of drug-likeness (QED) is 0.592. The van der Waals surface area contributed by atoms with E-state index in [9.17, 15) is 9.18 Å². The number of rotatable bonds is 5. The van der Waals surface area contributed by atoms with Crippen molar-refractivity contribution < 1.29 is 9.18 Å². The van der Waals surface area contributed by atoms with Gasteiger partial charge in [0.15, 0.2) is 0 Å². The number of nitrogens with zero attached hydrogens (tertiary/aromatic N) is 1. The molecule has 0 saturated heterocycles. The van der Waals surface area contributed by atoms with Crippen molar-refractivity contribution in [2.75, 3.05) is 17.3 Å². The van der Waals surface area contributed by atoms with Crippen LogP contribution in [0.25, 0.3) is 0 Å². The minimum Gasteiger partial charge on any atom is -0.312 e. The highest BCUT2D eigenvalue weighted by atomic mass is 35.5. The zero-order valence-electron chi connectivity index (χ0n) is 10.3. The van der Waals surface area contributed by atoms with Gasteiger partial charge in [0, 0.05) is 24.5 Å². The van der Waals surface area contributed by atoms with E-state index in [1.165, 1.54) is 12.1 Å². The van der Waals surface area contributed by atoms with Crippen LogP contribution in [0, 0.1) is 5.82 Å². The van der Waals surface area contributed by atoms with Crippen molar-refractivity contribution in [1.29, 1.82) is 0 Å². The summed E-state index contributed by atoms with van der Waals surface area (Å²) in [6.07, 6.45) is 4.05. The third-order valence-electron chi connectivity index (χ3n) is 3.26. The lowest BCUT2D eigenvalue weighted by Gasteiger charge is -2.29. The maximum absolute atomic E-state index is 13.2. The summed E-state index contributed by atoms with van der Waals surface area (Å²) in [7, 11) is 0. The number of amides is 1. The summed E-state index contributed by atoms with van der Waals surface area (Å²) in [6.45, 7) is 0.703. The molecule has 1 aliphatic rings. The second kappa shape index (κ2) is 6.19. The molecule has 0 radical (unpaired) electrons. The minimum absolute atomic E-state index is 0.139. The number of hydrogen-bond acceptors (Lipinski definition) is 1. The molecule has 4 heteroatoms. The fraction of sp³-hybridized carbons (Fsp3) is 0.500. The Hall–Kier alpha value is -1.09. The third kappa shape index (κ3) is 3.02. The summed E-state index contributed by atoms with van der Waals surface area (Å²) < 4.78 is 13.2. The van der Waals surface area contributed by atoms with Gasteiger partial charge in [-0.1, -0.05) is 6.42 Å². The lowest BCUT2D eigenvalue weighted by Crippen LogP contribution is -2.35. The molecular weight excluding hydrogens is 253 g/mol. The number of aryl methyl sites for hydroxylation is 1. The van der Waals surface area contributed by atoms with Gasteiger partial charge in [-0.15, -0.1) is 11.6 Å². The second-order valence-electron chi connectivity index (χ2n) is 4.57. The molecule has 0 N–H and O–H groups in total. The molecule has 1 heterocycles. The number of fused-ring (bicyclic) bond motifs is 1. The molecule has 1 aliphatic heterocycles. The molecule has 0 saturated carbocycles. The van der Waals surface area contributed by atoms with Crippen molar-refractivity contribution >= 4 is 23.2 Å². The van der Waals surface area contributed by atoms with E-state index in [0.29, 0.717) is 25.3 Å². The van der Waals surface area contributed by atoms with Crippen molar-refractivity contribution in [3.63, 3.8) is 0 Å². The SMILES string of the molecule is O=C1CCc2cc(F)ccc2N1CCCCCCl. The van der Waals surface area contributed by atoms with Crippen LogP contribution in [-0.4, -0.2) is 18.3 Å². The van der Waals surface area contributed by atoms with E-state index in [1.54, 1.807) is 11.0 Å². The summed E-state index contributed by atoms with van der Waals surface area (Å²) in [5.41, 5.74) is 1.81. The molecule has 2 rings (SSSR count). The summed E-state index contributed by atoms with van der Waals surface area (Å²) in [5, 5.41) is 0. The number of anilines is 1. The van der Waals surface area contributed by atoms with Gasteiger partial charge in [0.05, 0.1) is 0 Å². The molecule has 1 aromatic carbocycles. The van der Waals surface area contributed by atoms with Gasteiger partial charge in [-0.2, -0.15) is 0 Å². The Morgan fingerprint density at radius 1 is 1.22 bits per heavy atom. The van der Waals surface area contributed by atoms with E-state index in [0.717, 1.165) is 30.5 Å². The van der Waals surface area contributed by atoms with Crippen molar-refractivity contribution in [3.8, 4) is 0 Å². The van der Waals surface area contributed by atoms with E-state index in [-0.39, 0.29) is 11.7 Å². The molecule has 1 aromatic rings. The van der Waals surface area contributed by atoms with Crippen LogP contribution >= 0.6 is 11.6 Å². The molecule has 0 bridgehead atoms. The number of unbranched alkanes of at least 4 members (excludes halogenated alkanes) is 2. The van der Waals surface area contributed by atoms with E-state index < -0.39 is 0 Å². The molecule has 0 atom stereocenters. The number of hydrogen-bond donors (Lipinski definition) is 0. The molecule has 0 spiro atoms. The van der Waals surface area contributed by atoms with Crippen molar-refractivity contribution in [2.24, 2.45) is 0 Å². The highest BCUT2D eigenvalue weighted by Crippen LogP contribution is 2.28. The number of carbonyl (C=O) groups is 1. The van der Waals surface area contributed by atoms with Gasteiger partial charge in [0.2, 0.25) is 5.91 Å². The van der Waals surface area contributed by atoms with E-state index in [2.05, 4.69) is 0 Å². The first kappa shape index (κ1) is 13.3. The standard InChI is InChI=1S/C14H17ClFNO/c15-8-2-1-3-9-17-13-6-5-12(16)10-11(13)4-7-14(17)18/h5-6,10H,1-4,7-9H2. The Morgan fingerprint density at radius 2 is 2.06 bits per heavy atom. The second-order valence-corrected chi connectivity index (χ2v) is 4.95. The van der Waals surface area contributed by atoms with E-state index >= 15 is 0 Å². The number of alkyl halides is 1. The average molecular weight is 270 g/mol. The van der Waals surface area contributed by atoms with E-state index in [4.69, 9.17) is 11.6 Å². The molecule has 18 heavy (non-hydrogen) atoms. The Labute approximate surface area is 112 Å². The maximum atomic E-state index is 13.2. The van der Waals surface area contributed by atoms with Crippen LogP contribution in [0.3, 0.4) is 0 Å². The molecular formula is C14H17ClFNO. The van der Waals surface area contributed by atoms with Crippen LogP contribution in [0.1, 0.15) is 31.2 Å². The predicted molar refractivity (Wildman–Crippen MR) is 71.6 cm³/mol. The van der Waals surface area contributed by atoms with Gasteiger partial charge in [0.1, 0.15) is 5.82 Å². The van der Waals surface area contributed by atoms with Gasteiger partial charge >= 0.3 is 0 Å². The zero-order valence-corrected chi connectivity index (χ0v) is 11.0. The molecule has 2 nitrogen and oxygen atoms in total. The number of halogens is 2. The average Bonchev–Trinajstić information content (AvgIpc) is 2.37. The molecule has 1 amide bonds. The zero-order chi connectivity index (χ0) is 13.0. The van der Waals surface area contributed by atoms with Crippen molar-refractivity contribution in [2.45, 2.75) is 32.1 Å². The van der Waals surface area contributed by atoms with Crippen molar-refractivity contribution in [1.82, 2.24) is 0 Å². The molecule has 0 aromatic heterocycles. The normalized spacial score (nSPS) is 14.8. The monoisotopic (exact) mass is 269 g/mol. The summed E-state index contributed by atoms with van der Waals surface area (Å²) in [6, 6.07) is 4.67. The van der Waals surface area contributed by atoms with E-state index in [1.807, 2.05) is 0 Å². The third-order valence-corrected chi connectivity index (χ3v) is 3.52. The Bertz CT molecular complexity index is 436. The molecule has 0 unspecified atom stereocenters. The smallest absolute Gasteiger partial charge is 0.227 e. The predicted octanol–water partition coefficient (Wildman–Crippen LogP) is 3.51.